The summed E-state index contributed by atoms with van der Waals surface area (Å²) in [5.74, 6) is 0.710. The van der Waals surface area contributed by atoms with E-state index in [9.17, 15) is 9.90 Å². The van der Waals surface area contributed by atoms with Gasteiger partial charge in [-0.2, -0.15) is 0 Å². The summed E-state index contributed by atoms with van der Waals surface area (Å²) in [4.78, 5) is 12.8. The minimum absolute atomic E-state index is 0.00861. The first kappa shape index (κ1) is 12.9. The van der Waals surface area contributed by atoms with Crippen LogP contribution in [0.5, 0.6) is 5.75 Å². The van der Waals surface area contributed by atoms with Gasteiger partial charge in [0.1, 0.15) is 11.5 Å². The summed E-state index contributed by atoms with van der Waals surface area (Å²) < 4.78 is 11.0. The Bertz CT molecular complexity index is 661. The fourth-order valence-electron chi connectivity index (χ4n) is 4.13. The molecule has 0 amide bonds. The molecule has 1 aromatic rings. The van der Waals surface area contributed by atoms with Gasteiger partial charge in [0.15, 0.2) is 5.78 Å². The summed E-state index contributed by atoms with van der Waals surface area (Å²) in [6.45, 7) is 1.94. The molecule has 4 heteroatoms. The van der Waals surface area contributed by atoms with Gasteiger partial charge in [-0.1, -0.05) is 6.07 Å². The van der Waals surface area contributed by atoms with E-state index in [0.717, 1.165) is 29.7 Å². The first-order valence-corrected chi connectivity index (χ1v) is 7.39. The highest BCUT2D eigenvalue weighted by Gasteiger charge is 2.59. The van der Waals surface area contributed by atoms with Crippen molar-refractivity contribution >= 4 is 11.4 Å². The highest BCUT2D eigenvalue weighted by Crippen LogP contribution is 2.53. The van der Waals surface area contributed by atoms with Crippen molar-refractivity contribution in [2.75, 3.05) is 7.11 Å². The lowest BCUT2D eigenvalue weighted by molar-refractivity contribution is -0.118. The van der Waals surface area contributed by atoms with E-state index in [0.29, 0.717) is 5.57 Å². The molecule has 110 valence electrons. The topological polar surface area (TPSA) is 55.8 Å². The fraction of sp³-hybridized carbons (Fsp3) is 0.471. The average molecular weight is 286 g/mol. The van der Waals surface area contributed by atoms with Crippen LogP contribution in [0.25, 0.3) is 5.57 Å². The van der Waals surface area contributed by atoms with E-state index in [1.165, 1.54) is 0 Å². The van der Waals surface area contributed by atoms with Crippen LogP contribution in [0, 0.1) is 18.8 Å². The molecule has 4 atom stereocenters. The Kier molecular flexibility index (Phi) is 2.67. The van der Waals surface area contributed by atoms with E-state index in [1.807, 2.05) is 25.1 Å². The lowest BCUT2D eigenvalue weighted by atomic mass is 9.80. The summed E-state index contributed by atoms with van der Waals surface area (Å²) in [6, 6.07) is 5.58. The maximum atomic E-state index is 12.8. The van der Waals surface area contributed by atoms with Crippen LogP contribution in [-0.4, -0.2) is 30.2 Å². The van der Waals surface area contributed by atoms with Crippen LogP contribution < -0.4 is 4.74 Å². The number of allylic oxidation sites excluding steroid dienone is 1. The molecule has 2 aliphatic heterocycles. The van der Waals surface area contributed by atoms with Crippen molar-refractivity contribution in [3.05, 3.63) is 35.1 Å². The van der Waals surface area contributed by atoms with Gasteiger partial charge in [0.2, 0.25) is 0 Å². The van der Waals surface area contributed by atoms with Crippen LogP contribution in [0.2, 0.25) is 0 Å². The van der Waals surface area contributed by atoms with Crippen molar-refractivity contribution in [2.45, 2.75) is 32.0 Å². The first-order valence-electron chi connectivity index (χ1n) is 7.39. The zero-order valence-corrected chi connectivity index (χ0v) is 12.1. The molecule has 2 bridgehead atoms. The molecular weight excluding hydrogens is 268 g/mol. The maximum absolute atomic E-state index is 12.8. The lowest BCUT2D eigenvalue weighted by Crippen LogP contribution is -2.29. The predicted octanol–water partition coefficient (Wildman–Crippen LogP) is 2.65. The van der Waals surface area contributed by atoms with Crippen LogP contribution in [0.1, 0.15) is 24.0 Å². The second-order valence-corrected chi connectivity index (χ2v) is 6.15. The van der Waals surface area contributed by atoms with Crippen LogP contribution in [-0.2, 0) is 9.53 Å². The highest BCUT2D eigenvalue weighted by molar-refractivity contribution is 6.25. The third-order valence-electron chi connectivity index (χ3n) is 5.10. The number of fused-ring (bicyclic) bond motifs is 5. The fourth-order valence-corrected chi connectivity index (χ4v) is 4.13. The number of aliphatic hydroxyl groups excluding tert-OH is 1. The van der Waals surface area contributed by atoms with Crippen molar-refractivity contribution in [3.63, 3.8) is 0 Å². The van der Waals surface area contributed by atoms with Gasteiger partial charge < -0.3 is 14.6 Å². The summed E-state index contributed by atoms with van der Waals surface area (Å²) in [6.07, 6.45) is 1.88. The van der Waals surface area contributed by atoms with Crippen LogP contribution in [0.4, 0.5) is 0 Å². The summed E-state index contributed by atoms with van der Waals surface area (Å²) in [7, 11) is 1.62. The van der Waals surface area contributed by atoms with Crippen LogP contribution in [0.3, 0.4) is 0 Å². The Hall–Kier alpha value is -1.81. The van der Waals surface area contributed by atoms with Crippen molar-refractivity contribution in [1.29, 1.82) is 0 Å². The average Bonchev–Trinajstić information content (AvgIpc) is 3.14. The Morgan fingerprint density at radius 3 is 2.57 bits per heavy atom. The van der Waals surface area contributed by atoms with E-state index < -0.39 is 0 Å². The second kappa shape index (κ2) is 4.34. The first-order chi connectivity index (χ1) is 10.1. The Morgan fingerprint density at radius 1 is 1.24 bits per heavy atom. The Balaban J connectivity index is 1.80. The van der Waals surface area contributed by atoms with Gasteiger partial charge in [-0.25, -0.2) is 0 Å². The zero-order valence-electron chi connectivity index (χ0n) is 12.1. The minimum Gasteiger partial charge on any atom is -0.511 e. The SMILES string of the molecule is COc1ccc(C2=C(O)[C@@H]3C4CCC(O4)[C@@H]3C2=O)c(C)c1. The van der Waals surface area contributed by atoms with E-state index in [2.05, 4.69) is 0 Å². The smallest absolute Gasteiger partial charge is 0.173 e. The molecule has 1 aromatic carbocycles. The molecule has 4 nitrogen and oxygen atoms in total. The van der Waals surface area contributed by atoms with Gasteiger partial charge in [-0.15, -0.1) is 0 Å². The molecular formula is C17H18O4. The number of ether oxygens (including phenoxy) is 2. The predicted molar refractivity (Wildman–Crippen MR) is 77.2 cm³/mol. The van der Waals surface area contributed by atoms with Gasteiger partial charge in [0.05, 0.1) is 36.7 Å². The quantitative estimate of drug-likeness (QED) is 0.908. The molecule has 0 spiro atoms. The van der Waals surface area contributed by atoms with E-state index in [-0.39, 0.29) is 35.6 Å². The monoisotopic (exact) mass is 286 g/mol. The van der Waals surface area contributed by atoms with Gasteiger partial charge >= 0.3 is 0 Å². The number of ketones is 1. The van der Waals surface area contributed by atoms with E-state index >= 15 is 0 Å². The molecule has 21 heavy (non-hydrogen) atoms. The third kappa shape index (κ3) is 1.62. The second-order valence-electron chi connectivity index (χ2n) is 6.15. The number of aryl methyl sites for hydroxylation is 1. The van der Waals surface area contributed by atoms with Crippen molar-refractivity contribution < 1.29 is 19.4 Å². The molecule has 0 radical (unpaired) electrons. The molecule has 3 aliphatic rings. The van der Waals surface area contributed by atoms with E-state index in [4.69, 9.17) is 9.47 Å². The maximum Gasteiger partial charge on any atom is 0.173 e. The molecule has 2 saturated heterocycles. The third-order valence-corrected chi connectivity index (χ3v) is 5.10. The number of aliphatic hydroxyl groups is 1. The number of hydrogen-bond donors (Lipinski definition) is 1. The van der Waals surface area contributed by atoms with Gasteiger partial charge in [-0.3, -0.25) is 4.79 Å². The van der Waals surface area contributed by atoms with Crippen LogP contribution >= 0.6 is 0 Å². The summed E-state index contributed by atoms with van der Waals surface area (Å²) >= 11 is 0. The minimum atomic E-state index is -0.180. The standard InChI is InChI=1S/C17H18O4/c1-8-7-9(20-2)3-4-10(8)13-16(18)14-11-5-6-12(21-11)15(14)17(13)19/h3-4,7,11-12,14-15,18H,5-6H2,1-2H3/t11?,12?,14-,15+/m1/s1. The molecule has 2 unspecified atom stereocenters. The van der Waals surface area contributed by atoms with Crippen molar-refractivity contribution in [1.82, 2.24) is 0 Å². The largest absolute Gasteiger partial charge is 0.511 e. The molecule has 1 aliphatic carbocycles. The van der Waals surface area contributed by atoms with Gasteiger partial charge in [0.25, 0.3) is 0 Å². The summed E-state index contributed by atoms with van der Waals surface area (Å²) in [5, 5.41) is 10.6. The normalized spacial score (nSPS) is 33.7. The number of carbonyl (C=O) groups is 1. The Labute approximate surface area is 123 Å². The zero-order chi connectivity index (χ0) is 14.7. The number of rotatable bonds is 2. The number of benzene rings is 1. The molecule has 2 fully saturated rings. The van der Waals surface area contributed by atoms with Crippen molar-refractivity contribution in [2.24, 2.45) is 11.8 Å². The van der Waals surface area contributed by atoms with Crippen LogP contribution in [0.15, 0.2) is 24.0 Å². The van der Waals surface area contributed by atoms with E-state index in [1.54, 1.807) is 7.11 Å². The van der Waals surface area contributed by atoms with Gasteiger partial charge in [0, 0.05) is 0 Å². The molecule has 0 aromatic heterocycles. The van der Waals surface area contributed by atoms with Crippen molar-refractivity contribution in [3.8, 4) is 5.75 Å². The lowest BCUT2D eigenvalue weighted by Gasteiger charge is -2.19. The number of hydrogen-bond acceptors (Lipinski definition) is 4. The number of Topliss-reactive ketones (excluding diaryl/α,β-unsaturated/α-hetero) is 1. The van der Waals surface area contributed by atoms with Gasteiger partial charge in [-0.05, 0) is 43.0 Å². The molecule has 4 rings (SSSR count). The molecule has 2 heterocycles. The number of carbonyl (C=O) groups excluding carboxylic acids is 1. The molecule has 0 saturated carbocycles. The molecule has 1 N–H and O–H groups in total. The Morgan fingerprint density at radius 2 is 1.95 bits per heavy atom. The highest BCUT2D eigenvalue weighted by atomic mass is 16.5. The summed E-state index contributed by atoms with van der Waals surface area (Å²) in [5.41, 5.74) is 2.25. The number of methoxy groups -OCH3 is 1.